The second-order valence-electron chi connectivity index (χ2n) is 6.22. The topological polar surface area (TPSA) is 99.8 Å². The summed E-state index contributed by atoms with van der Waals surface area (Å²) in [5.41, 5.74) is 3.59. The molecular weight excluding hydrogens is 358 g/mol. The van der Waals surface area contributed by atoms with E-state index < -0.39 is 0 Å². The summed E-state index contributed by atoms with van der Waals surface area (Å²) in [6.45, 7) is 2.50. The number of benzene rings is 1. The molecule has 0 fully saturated rings. The first-order valence-corrected chi connectivity index (χ1v) is 8.73. The molecule has 3 aromatic heterocycles. The van der Waals surface area contributed by atoms with Gasteiger partial charge in [-0.2, -0.15) is 10.2 Å². The number of esters is 1. The molecule has 28 heavy (non-hydrogen) atoms. The normalized spacial score (nSPS) is 10.9. The molecule has 142 valence electrons. The Morgan fingerprint density at radius 2 is 2.07 bits per heavy atom. The molecule has 0 aliphatic heterocycles. The molecule has 0 amide bonds. The third kappa shape index (κ3) is 3.41. The van der Waals surface area contributed by atoms with Crippen LogP contribution in [0.1, 0.15) is 11.3 Å². The van der Waals surface area contributed by atoms with Gasteiger partial charge in [0.25, 0.3) is 0 Å². The molecule has 1 aromatic carbocycles. The lowest BCUT2D eigenvalue weighted by molar-refractivity contribution is -0.141. The molecule has 9 heteroatoms. The van der Waals surface area contributed by atoms with Gasteiger partial charge in [0.15, 0.2) is 5.65 Å². The van der Waals surface area contributed by atoms with Gasteiger partial charge >= 0.3 is 5.97 Å². The average molecular weight is 377 g/mol. The Hall–Kier alpha value is -3.75. The first kappa shape index (κ1) is 17.7. The smallest absolute Gasteiger partial charge is 0.327 e. The molecule has 4 rings (SSSR count). The predicted molar refractivity (Wildman–Crippen MR) is 103 cm³/mol. The fraction of sp³-hybridized carbons (Fsp3) is 0.211. The lowest BCUT2D eigenvalue weighted by Crippen LogP contribution is -2.13. The van der Waals surface area contributed by atoms with E-state index in [0.717, 1.165) is 22.3 Å². The Bertz CT molecular complexity index is 1130. The number of hydrogen-bond acceptors (Lipinski definition) is 7. The standard InChI is InChI=1S/C19H19N7O2/c1-13-7-8-25(24-13)16-6-4-3-5-14(16)9-20-18-15-10-23-26(11-17(27)28-2)19(15)22-12-21-18/h3-8,10,12H,9,11H2,1-2H3,(H,20,21,22). The molecule has 4 aromatic rings. The Morgan fingerprint density at radius 3 is 2.86 bits per heavy atom. The highest BCUT2D eigenvalue weighted by molar-refractivity contribution is 5.86. The van der Waals surface area contributed by atoms with Crippen molar-refractivity contribution in [2.24, 2.45) is 0 Å². The van der Waals surface area contributed by atoms with Crippen LogP contribution in [-0.2, 0) is 22.6 Å². The number of para-hydroxylation sites is 1. The van der Waals surface area contributed by atoms with Crippen molar-refractivity contribution in [1.29, 1.82) is 0 Å². The third-order valence-corrected chi connectivity index (χ3v) is 4.35. The number of nitrogens with zero attached hydrogens (tertiary/aromatic N) is 6. The van der Waals surface area contributed by atoms with E-state index in [1.807, 2.05) is 48.1 Å². The average Bonchev–Trinajstić information content (AvgIpc) is 3.33. The van der Waals surface area contributed by atoms with Crippen LogP contribution in [0.3, 0.4) is 0 Å². The van der Waals surface area contributed by atoms with Gasteiger partial charge in [0.1, 0.15) is 18.7 Å². The minimum absolute atomic E-state index is 0.00205. The summed E-state index contributed by atoms with van der Waals surface area (Å²) in [5.74, 6) is 0.258. The van der Waals surface area contributed by atoms with Gasteiger partial charge in [-0.3, -0.25) is 4.79 Å². The summed E-state index contributed by atoms with van der Waals surface area (Å²) in [6, 6.07) is 10.00. The van der Waals surface area contributed by atoms with Gasteiger partial charge in [0.2, 0.25) is 0 Å². The van der Waals surface area contributed by atoms with E-state index in [0.29, 0.717) is 18.0 Å². The van der Waals surface area contributed by atoms with Crippen LogP contribution < -0.4 is 5.32 Å². The van der Waals surface area contributed by atoms with Gasteiger partial charge in [0.05, 0.1) is 30.1 Å². The van der Waals surface area contributed by atoms with Crippen molar-refractivity contribution in [2.45, 2.75) is 20.0 Å². The molecule has 1 N–H and O–H groups in total. The highest BCUT2D eigenvalue weighted by atomic mass is 16.5. The number of aromatic nitrogens is 6. The molecule has 9 nitrogen and oxygen atoms in total. The van der Waals surface area contributed by atoms with Crippen molar-refractivity contribution < 1.29 is 9.53 Å². The molecule has 3 heterocycles. The molecule has 0 unspecified atom stereocenters. The molecule has 0 radical (unpaired) electrons. The minimum atomic E-state index is -0.387. The molecular formula is C19H19N7O2. The van der Waals surface area contributed by atoms with Crippen LogP contribution in [0.2, 0.25) is 0 Å². The Kier molecular flexibility index (Phi) is 4.71. The number of anilines is 1. The van der Waals surface area contributed by atoms with E-state index in [9.17, 15) is 4.79 Å². The first-order chi connectivity index (χ1) is 13.7. The number of hydrogen-bond donors (Lipinski definition) is 1. The predicted octanol–water partition coefficient (Wildman–Crippen LogP) is 2.11. The molecule has 0 saturated heterocycles. The van der Waals surface area contributed by atoms with Crippen molar-refractivity contribution in [3.63, 3.8) is 0 Å². The van der Waals surface area contributed by atoms with Crippen molar-refractivity contribution in [1.82, 2.24) is 29.5 Å². The van der Waals surface area contributed by atoms with E-state index in [1.54, 1.807) is 6.20 Å². The number of fused-ring (bicyclic) bond motifs is 1. The summed E-state index contributed by atoms with van der Waals surface area (Å²) in [5, 5.41) is 12.8. The summed E-state index contributed by atoms with van der Waals surface area (Å²) in [4.78, 5) is 20.1. The summed E-state index contributed by atoms with van der Waals surface area (Å²) < 4.78 is 8.05. The van der Waals surface area contributed by atoms with Crippen molar-refractivity contribution >= 4 is 22.8 Å². The Morgan fingerprint density at radius 1 is 1.21 bits per heavy atom. The molecule has 0 spiro atoms. The summed E-state index contributed by atoms with van der Waals surface area (Å²) in [6.07, 6.45) is 5.03. The van der Waals surface area contributed by atoms with Crippen LogP contribution in [0.4, 0.5) is 5.82 Å². The number of carbonyl (C=O) groups excluding carboxylic acids is 1. The van der Waals surface area contributed by atoms with E-state index in [-0.39, 0.29) is 12.5 Å². The van der Waals surface area contributed by atoms with Crippen molar-refractivity contribution in [2.75, 3.05) is 12.4 Å². The van der Waals surface area contributed by atoms with Gasteiger partial charge in [-0.05, 0) is 24.6 Å². The zero-order valence-corrected chi connectivity index (χ0v) is 15.5. The quantitative estimate of drug-likeness (QED) is 0.514. The van der Waals surface area contributed by atoms with Crippen LogP contribution >= 0.6 is 0 Å². The SMILES string of the molecule is COC(=O)Cn1ncc2c(NCc3ccccc3-n3ccc(C)n3)ncnc21. The monoisotopic (exact) mass is 377 g/mol. The van der Waals surface area contributed by atoms with E-state index in [4.69, 9.17) is 4.74 Å². The number of carbonyl (C=O) groups is 1. The summed E-state index contributed by atoms with van der Waals surface area (Å²) in [7, 11) is 1.34. The van der Waals surface area contributed by atoms with Gasteiger partial charge < -0.3 is 10.1 Å². The maximum absolute atomic E-state index is 11.5. The molecule has 0 bridgehead atoms. The van der Waals surface area contributed by atoms with Crippen LogP contribution in [-0.4, -0.2) is 42.6 Å². The fourth-order valence-electron chi connectivity index (χ4n) is 2.95. The maximum Gasteiger partial charge on any atom is 0.327 e. The van der Waals surface area contributed by atoms with E-state index >= 15 is 0 Å². The number of methoxy groups -OCH3 is 1. The minimum Gasteiger partial charge on any atom is -0.468 e. The highest BCUT2D eigenvalue weighted by Crippen LogP contribution is 2.21. The Balaban J connectivity index is 1.60. The number of aryl methyl sites for hydroxylation is 1. The highest BCUT2D eigenvalue weighted by Gasteiger charge is 2.13. The molecule has 0 saturated carbocycles. The molecule has 0 aliphatic carbocycles. The third-order valence-electron chi connectivity index (χ3n) is 4.35. The van der Waals surface area contributed by atoms with Gasteiger partial charge in [-0.1, -0.05) is 18.2 Å². The largest absolute Gasteiger partial charge is 0.468 e. The van der Waals surface area contributed by atoms with Gasteiger partial charge in [0, 0.05) is 12.7 Å². The number of nitrogens with one attached hydrogen (secondary N) is 1. The second-order valence-corrected chi connectivity index (χ2v) is 6.22. The summed E-state index contributed by atoms with van der Waals surface area (Å²) >= 11 is 0. The first-order valence-electron chi connectivity index (χ1n) is 8.73. The van der Waals surface area contributed by atoms with Gasteiger partial charge in [-0.25, -0.2) is 19.3 Å². The molecule has 0 aliphatic rings. The van der Waals surface area contributed by atoms with E-state index in [1.165, 1.54) is 18.1 Å². The number of ether oxygens (including phenoxy) is 1. The fourth-order valence-corrected chi connectivity index (χ4v) is 2.95. The van der Waals surface area contributed by atoms with Crippen LogP contribution in [0, 0.1) is 6.92 Å². The Labute approximate surface area is 161 Å². The van der Waals surface area contributed by atoms with Crippen LogP contribution in [0.25, 0.3) is 16.7 Å². The molecule has 0 atom stereocenters. The lowest BCUT2D eigenvalue weighted by atomic mass is 10.1. The van der Waals surface area contributed by atoms with Crippen molar-refractivity contribution in [3.8, 4) is 5.69 Å². The van der Waals surface area contributed by atoms with Crippen LogP contribution in [0.5, 0.6) is 0 Å². The second kappa shape index (κ2) is 7.47. The zero-order chi connectivity index (χ0) is 19.5. The van der Waals surface area contributed by atoms with E-state index in [2.05, 4.69) is 25.5 Å². The van der Waals surface area contributed by atoms with Crippen LogP contribution in [0.15, 0.2) is 49.1 Å². The maximum atomic E-state index is 11.5. The zero-order valence-electron chi connectivity index (χ0n) is 15.5. The van der Waals surface area contributed by atoms with Gasteiger partial charge in [-0.15, -0.1) is 0 Å². The number of rotatable bonds is 6. The lowest BCUT2D eigenvalue weighted by Gasteiger charge is -2.11. The van der Waals surface area contributed by atoms with Crippen molar-refractivity contribution in [3.05, 3.63) is 60.3 Å².